The first-order chi connectivity index (χ1) is 10.4. The van der Waals surface area contributed by atoms with Gasteiger partial charge in [-0.2, -0.15) is 0 Å². The minimum absolute atomic E-state index is 0.620. The predicted octanol–water partition coefficient (Wildman–Crippen LogP) is 4.83. The van der Waals surface area contributed by atoms with Crippen LogP contribution in [-0.2, 0) is 0 Å². The van der Waals surface area contributed by atoms with Gasteiger partial charge in [0.15, 0.2) is 0 Å². The molecule has 21 heavy (non-hydrogen) atoms. The monoisotopic (exact) mass is 297 g/mol. The summed E-state index contributed by atoms with van der Waals surface area (Å²) in [6, 6.07) is 9.11. The SMILES string of the molecule is c1csc(-n2ccc3c(NC4CCCCC4)ccnc32)c1. The minimum atomic E-state index is 0.620. The summed E-state index contributed by atoms with van der Waals surface area (Å²) < 4.78 is 2.17. The average molecular weight is 297 g/mol. The second kappa shape index (κ2) is 5.53. The van der Waals surface area contributed by atoms with Crippen molar-refractivity contribution < 1.29 is 0 Å². The molecule has 0 amide bonds. The van der Waals surface area contributed by atoms with Crippen LogP contribution in [-0.4, -0.2) is 15.6 Å². The van der Waals surface area contributed by atoms with Crippen LogP contribution >= 0.6 is 11.3 Å². The fourth-order valence-corrected chi connectivity index (χ4v) is 3.93. The zero-order valence-electron chi connectivity index (χ0n) is 12.0. The van der Waals surface area contributed by atoms with Crippen LogP contribution in [0.2, 0.25) is 0 Å². The molecule has 4 heteroatoms. The van der Waals surface area contributed by atoms with Gasteiger partial charge in [-0.3, -0.25) is 4.57 Å². The molecule has 3 aromatic heterocycles. The van der Waals surface area contributed by atoms with Gasteiger partial charge in [0.05, 0.1) is 0 Å². The Hall–Kier alpha value is -1.81. The Bertz CT molecular complexity index is 724. The van der Waals surface area contributed by atoms with Crippen molar-refractivity contribution in [3.63, 3.8) is 0 Å². The van der Waals surface area contributed by atoms with Crippen molar-refractivity contribution in [2.75, 3.05) is 5.32 Å². The van der Waals surface area contributed by atoms with Gasteiger partial charge in [0.1, 0.15) is 10.6 Å². The second-order valence-electron chi connectivity index (χ2n) is 5.71. The van der Waals surface area contributed by atoms with Crippen LogP contribution in [0.5, 0.6) is 0 Å². The Morgan fingerprint density at radius 2 is 2.05 bits per heavy atom. The van der Waals surface area contributed by atoms with Crippen LogP contribution < -0.4 is 5.32 Å². The zero-order valence-corrected chi connectivity index (χ0v) is 12.8. The maximum absolute atomic E-state index is 4.58. The Morgan fingerprint density at radius 1 is 1.14 bits per heavy atom. The number of aromatic nitrogens is 2. The highest BCUT2D eigenvalue weighted by Gasteiger charge is 2.15. The minimum Gasteiger partial charge on any atom is -0.382 e. The highest BCUT2D eigenvalue weighted by atomic mass is 32.1. The molecule has 1 aliphatic carbocycles. The van der Waals surface area contributed by atoms with E-state index in [2.05, 4.69) is 50.7 Å². The van der Waals surface area contributed by atoms with E-state index in [-0.39, 0.29) is 0 Å². The smallest absolute Gasteiger partial charge is 0.147 e. The number of hydrogen-bond donors (Lipinski definition) is 1. The standard InChI is InChI=1S/C17H19N3S/c1-2-5-13(6-3-1)19-15-8-10-18-17-14(15)9-11-20(17)16-7-4-12-21-16/h4,7-13H,1-3,5-6H2,(H,18,19). The third-order valence-electron chi connectivity index (χ3n) is 4.30. The van der Waals surface area contributed by atoms with Crippen molar-refractivity contribution >= 4 is 28.1 Å². The van der Waals surface area contributed by atoms with Crippen LogP contribution in [0.4, 0.5) is 5.69 Å². The van der Waals surface area contributed by atoms with E-state index in [0.717, 1.165) is 5.65 Å². The molecule has 1 saturated carbocycles. The molecular formula is C17H19N3S. The van der Waals surface area contributed by atoms with Gasteiger partial charge in [-0.05, 0) is 42.5 Å². The molecule has 4 rings (SSSR count). The number of pyridine rings is 1. The summed E-state index contributed by atoms with van der Waals surface area (Å²) >= 11 is 1.74. The Labute approximate surface area is 128 Å². The molecule has 108 valence electrons. The van der Waals surface area contributed by atoms with E-state index >= 15 is 0 Å². The van der Waals surface area contributed by atoms with Crippen molar-refractivity contribution in [1.82, 2.24) is 9.55 Å². The lowest BCUT2D eigenvalue weighted by molar-refractivity contribution is 0.463. The van der Waals surface area contributed by atoms with Crippen molar-refractivity contribution in [2.24, 2.45) is 0 Å². The van der Waals surface area contributed by atoms with Gasteiger partial charge in [-0.15, -0.1) is 11.3 Å². The third kappa shape index (κ3) is 2.44. The number of anilines is 1. The molecule has 0 unspecified atom stereocenters. The number of fused-ring (bicyclic) bond motifs is 1. The normalized spacial score (nSPS) is 16.4. The molecule has 3 aromatic rings. The highest BCUT2D eigenvalue weighted by molar-refractivity contribution is 7.12. The van der Waals surface area contributed by atoms with Gasteiger partial charge >= 0.3 is 0 Å². The van der Waals surface area contributed by atoms with Gasteiger partial charge in [0.25, 0.3) is 0 Å². The molecule has 0 aliphatic heterocycles. The molecule has 1 aliphatic rings. The molecule has 0 atom stereocenters. The van der Waals surface area contributed by atoms with Crippen LogP contribution in [0, 0.1) is 0 Å². The van der Waals surface area contributed by atoms with E-state index in [0.29, 0.717) is 6.04 Å². The zero-order chi connectivity index (χ0) is 14.1. The van der Waals surface area contributed by atoms with Gasteiger partial charge in [0.2, 0.25) is 0 Å². The van der Waals surface area contributed by atoms with Gasteiger partial charge in [-0.25, -0.2) is 4.98 Å². The molecule has 1 N–H and O–H groups in total. The van der Waals surface area contributed by atoms with Crippen LogP contribution in [0.25, 0.3) is 16.0 Å². The summed E-state index contributed by atoms with van der Waals surface area (Å²) in [5.74, 6) is 0. The lowest BCUT2D eigenvalue weighted by Crippen LogP contribution is -2.22. The fraction of sp³-hybridized carbons (Fsp3) is 0.353. The third-order valence-corrected chi connectivity index (χ3v) is 5.16. The Balaban J connectivity index is 1.70. The first-order valence-corrected chi connectivity index (χ1v) is 8.56. The number of nitrogens with zero attached hydrogens (tertiary/aromatic N) is 2. The maximum Gasteiger partial charge on any atom is 0.147 e. The molecule has 3 heterocycles. The summed E-state index contributed by atoms with van der Waals surface area (Å²) in [4.78, 5) is 4.58. The quantitative estimate of drug-likeness (QED) is 0.750. The summed E-state index contributed by atoms with van der Waals surface area (Å²) in [6.07, 6.45) is 10.7. The van der Waals surface area contributed by atoms with Crippen molar-refractivity contribution in [3.05, 3.63) is 42.0 Å². The Kier molecular flexibility index (Phi) is 3.39. The molecule has 0 saturated heterocycles. The molecule has 1 fully saturated rings. The van der Waals surface area contributed by atoms with Crippen LogP contribution in [0.3, 0.4) is 0 Å². The van der Waals surface area contributed by atoms with Crippen molar-refractivity contribution in [2.45, 2.75) is 38.1 Å². The molecule has 3 nitrogen and oxygen atoms in total. The number of hydrogen-bond acceptors (Lipinski definition) is 3. The number of thiophene rings is 1. The predicted molar refractivity (Wildman–Crippen MR) is 89.4 cm³/mol. The average Bonchev–Trinajstić information content (AvgIpc) is 3.17. The highest BCUT2D eigenvalue weighted by Crippen LogP contribution is 2.29. The van der Waals surface area contributed by atoms with E-state index in [1.165, 1.54) is 48.2 Å². The lowest BCUT2D eigenvalue weighted by atomic mass is 9.95. The van der Waals surface area contributed by atoms with E-state index < -0.39 is 0 Å². The molecular weight excluding hydrogens is 278 g/mol. The van der Waals surface area contributed by atoms with E-state index in [1.54, 1.807) is 11.3 Å². The molecule has 0 radical (unpaired) electrons. The topological polar surface area (TPSA) is 29.9 Å². The van der Waals surface area contributed by atoms with Gasteiger partial charge in [0, 0.05) is 29.5 Å². The van der Waals surface area contributed by atoms with Crippen LogP contribution in [0.15, 0.2) is 42.0 Å². The first kappa shape index (κ1) is 12.9. The first-order valence-electron chi connectivity index (χ1n) is 7.68. The van der Waals surface area contributed by atoms with Gasteiger partial charge in [-0.1, -0.05) is 19.3 Å². The molecule has 0 aromatic carbocycles. The summed E-state index contributed by atoms with van der Waals surface area (Å²) in [7, 11) is 0. The summed E-state index contributed by atoms with van der Waals surface area (Å²) in [5.41, 5.74) is 2.26. The molecule has 0 bridgehead atoms. The second-order valence-corrected chi connectivity index (χ2v) is 6.64. The summed E-state index contributed by atoms with van der Waals surface area (Å²) in [5, 5.41) is 8.27. The maximum atomic E-state index is 4.58. The van der Waals surface area contributed by atoms with E-state index in [9.17, 15) is 0 Å². The van der Waals surface area contributed by atoms with Crippen molar-refractivity contribution in [3.8, 4) is 5.00 Å². The fourth-order valence-electron chi connectivity index (χ4n) is 3.22. The molecule has 0 spiro atoms. The lowest BCUT2D eigenvalue weighted by Gasteiger charge is -2.24. The largest absolute Gasteiger partial charge is 0.382 e. The van der Waals surface area contributed by atoms with Crippen LogP contribution in [0.1, 0.15) is 32.1 Å². The Morgan fingerprint density at radius 3 is 2.86 bits per heavy atom. The van der Waals surface area contributed by atoms with Crippen molar-refractivity contribution in [1.29, 1.82) is 0 Å². The number of rotatable bonds is 3. The van der Waals surface area contributed by atoms with E-state index in [4.69, 9.17) is 0 Å². The van der Waals surface area contributed by atoms with Gasteiger partial charge < -0.3 is 5.32 Å². The van der Waals surface area contributed by atoms with E-state index in [1.807, 2.05) is 6.20 Å². The number of nitrogens with one attached hydrogen (secondary N) is 1. The summed E-state index contributed by atoms with van der Waals surface area (Å²) in [6.45, 7) is 0.